The molecule has 1 aliphatic carbocycles. The molecule has 0 aromatic rings. The van der Waals surface area contributed by atoms with Crippen LogP contribution in [0.3, 0.4) is 0 Å². The van der Waals surface area contributed by atoms with E-state index in [0.29, 0.717) is 0 Å². The van der Waals surface area contributed by atoms with E-state index in [9.17, 15) is 0 Å². The van der Waals surface area contributed by atoms with Crippen molar-refractivity contribution < 1.29 is 0 Å². The average Bonchev–Trinajstić information content (AvgIpc) is 2.44. The molecule has 116 valence electrons. The molecule has 0 bridgehead atoms. The van der Waals surface area contributed by atoms with E-state index in [1.807, 2.05) is 0 Å². The molecule has 0 radical (unpaired) electrons. The van der Waals surface area contributed by atoms with Crippen LogP contribution in [0.25, 0.3) is 0 Å². The monoisotopic (exact) mass is 828 g/mol. The first kappa shape index (κ1) is 20.7. The summed E-state index contributed by atoms with van der Waals surface area (Å²) in [6.45, 7) is 2.49. The van der Waals surface area contributed by atoms with Crippen molar-refractivity contribution in [2.24, 2.45) is 17.8 Å². The molecule has 2 atom stereocenters. The van der Waals surface area contributed by atoms with Crippen molar-refractivity contribution in [3.05, 3.63) is 0 Å². The first-order valence-electron chi connectivity index (χ1n) is 7.12. The van der Waals surface area contributed by atoms with Gasteiger partial charge in [0.1, 0.15) is 0 Å². The maximum atomic E-state index is 2.87. The third-order valence-electron chi connectivity index (χ3n) is 4.48. The fraction of sp³-hybridized carbons (Fsp3) is 1.00. The molecule has 5 heteroatoms. The summed E-state index contributed by atoms with van der Waals surface area (Å²) in [4.78, 5) is 0. The van der Waals surface area contributed by atoms with Crippen LogP contribution in [0.1, 0.15) is 45.4 Å². The molecule has 0 saturated heterocycles. The Morgan fingerprint density at radius 1 is 0.947 bits per heavy atom. The van der Waals surface area contributed by atoms with Gasteiger partial charge in [-0.1, -0.05) is 0 Å². The third kappa shape index (κ3) is 7.38. The van der Waals surface area contributed by atoms with E-state index >= 15 is 0 Å². The summed E-state index contributed by atoms with van der Waals surface area (Å²) in [6, 6.07) is 0. The van der Waals surface area contributed by atoms with Crippen molar-refractivity contribution in [1.82, 2.24) is 0 Å². The molecule has 0 spiro atoms. The van der Waals surface area contributed by atoms with Gasteiger partial charge in [-0.15, -0.1) is 0 Å². The van der Waals surface area contributed by atoms with Crippen LogP contribution in [0.2, 0.25) is 0 Å². The van der Waals surface area contributed by atoms with Crippen LogP contribution in [0, 0.1) is 17.8 Å². The van der Waals surface area contributed by atoms with Gasteiger partial charge >= 0.3 is 181 Å². The standard InChI is InChI=1S/C14H25I5/c1-11(6-8-15)12-2-4-13(5-3-12)14(7-9-16)19(18)10-17/h11-14H,2-10H2,1H3/t11?,12?,13?,14-/m1/s1. The van der Waals surface area contributed by atoms with Gasteiger partial charge < -0.3 is 0 Å². The molecule has 1 fully saturated rings. The Bertz CT molecular complexity index is 228. The van der Waals surface area contributed by atoms with Crippen LogP contribution < -0.4 is 0 Å². The van der Waals surface area contributed by atoms with Crippen molar-refractivity contribution in [2.75, 3.05) is 11.3 Å². The second-order valence-electron chi connectivity index (χ2n) is 5.56. The number of halogens is 5. The minimum atomic E-state index is -0.672. The average molecular weight is 828 g/mol. The van der Waals surface area contributed by atoms with Gasteiger partial charge in [-0.25, -0.2) is 0 Å². The molecule has 1 saturated carbocycles. The van der Waals surface area contributed by atoms with Gasteiger partial charge in [-0.2, -0.15) is 0 Å². The van der Waals surface area contributed by atoms with Crippen molar-refractivity contribution in [2.45, 2.75) is 49.4 Å². The van der Waals surface area contributed by atoms with E-state index in [0.717, 1.165) is 21.7 Å². The van der Waals surface area contributed by atoms with Gasteiger partial charge in [0, 0.05) is 0 Å². The van der Waals surface area contributed by atoms with E-state index < -0.39 is 15.8 Å². The number of hydrogen-bond acceptors (Lipinski definition) is 0. The maximum absolute atomic E-state index is 2.87. The molecular formula is C14H25I5. The summed E-state index contributed by atoms with van der Waals surface area (Å²) < 4.78 is 5.34. The predicted octanol–water partition coefficient (Wildman–Crippen LogP) is 7.70. The quantitative estimate of drug-likeness (QED) is 0.174. The summed E-state index contributed by atoms with van der Waals surface area (Å²) in [7, 11) is 0. The Hall–Kier alpha value is 3.65. The van der Waals surface area contributed by atoms with E-state index in [2.05, 4.69) is 93.3 Å². The van der Waals surface area contributed by atoms with Crippen molar-refractivity contribution in [3.63, 3.8) is 0 Å². The van der Waals surface area contributed by atoms with Crippen LogP contribution in [-0.2, 0) is 0 Å². The van der Waals surface area contributed by atoms with Gasteiger partial charge in [0.05, 0.1) is 0 Å². The van der Waals surface area contributed by atoms with Crippen molar-refractivity contribution >= 4 is 102 Å². The van der Waals surface area contributed by atoms with Crippen molar-refractivity contribution in [1.29, 1.82) is 0 Å². The Balaban J connectivity index is 2.46. The van der Waals surface area contributed by atoms with Gasteiger partial charge in [0.25, 0.3) is 0 Å². The van der Waals surface area contributed by atoms with Crippen LogP contribution in [0.5, 0.6) is 0 Å². The summed E-state index contributed by atoms with van der Waals surface area (Å²) >= 11 is 9.98. The molecule has 1 rings (SSSR count). The fourth-order valence-electron chi connectivity index (χ4n) is 3.21. The molecular weight excluding hydrogens is 803 g/mol. The van der Waals surface area contributed by atoms with E-state index in [4.69, 9.17) is 0 Å². The van der Waals surface area contributed by atoms with E-state index in [-0.39, 0.29) is 0 Å². The Morgan fingerprint density at radius 2 is 1.47 bits per heavy atom. The summed E-state index contributed by atoms with van der Waals surface area (Å²) in [5, 5.41) is 0. The second kappa shape index (κ2) is 12.1. The van der Waals surface area contributed by atoms with Gasteiger partial charge in [-0.05, 0) is 0 Å². The molecule has 0 heterocycles. The Morgan fingerprint density at radius 3 is 1.95 bits per heavy atom. The SMILES string of the molecule is CC(CCI)C1CCC([C@@H](CCI)I(I)CI)CC1. The molecule has 0 amide bonds. The number of hydrogen-bond donors (Lipinski definition) is 0. The van der Waals surface area contributed by atoms with Gasteiger partial charge in [0.15, 0.2) is 0 Å². The zero-order valence-electron chi connectivity index (χ0n) is 11.6. The summed E-state index contributed by atoms with van der Waals surface area (Å²) in [5.74, 6) is 3.11. The third-order valence-corrected chi connectivity index (χ3v) is 27.2. The Kier molecular flexibility index (Phi) is 13.2. The topological polar surface area (TPSA) is 0 Å². The van der Waals surface area contributed by atoms with E-state index in [1.165, 1.54) is 37.0 Å². The normalized spacial score (nSPS) is 27.9. The summed E-state index contributed by atoms with van der Waals surface area (Å²) in [5.41, 5.74) is 0. The minimum absolute atomic E-state index is 0.672. The molecule has 0 aromatic carbocycles. The van der Waals surface area contributed by atoms with E-state index in [1.54, 1.807) is 12.8 Å². The fourth-order valence-corrected chi connectivity index (χ4v) is 16.3. The Labute approximate surface area is 177 Å². The number of rotatable bonds is 8. The summed E-state index contributed by atoms with van der Waals surface area (Å²) in [6.07, 6.45) is 9.10. The van der Waals surface area contributed by atoms with Crippen LogP contribution >= 0.6 is 102 Å². The molecule has 0 aliphatic heterocycles. The zero-order chi connectivity index (χ0) is 14.3. The second-order valence-corrected chi connectivity index (χ2v) is 22.7. The molecule has 19 heavy (non-hydrogen) atoms. The molecule has 1 unspecified atom stereocenters. The van der Waals surface area contributed by atoms with Gasteiger partial charge in [-0.3, -0.25) is 0 Å². The first-order valence-corrected chi connectivity index (χ1v) is 20.8. The zero-order valence-corrected chi connectivity index (χ0v) is 22.4. The predicted molar refractivity (Wildman–Crippen MR) is 132 cm³/mol. The first-order chi connectivity index (χ1) is 9.13. The molecule has 0 N–H and O–H groups in total. The van der Waals surface area contributed by atoms with Crippen LogP contribution in [0.4, 0.5) is 0 Å². The molecule has 1 aliphatic rings. The molecule has 0 aromatic heterocycles. The van der Waals surface area contributed by atoms with Crippen LogP contribution in [0.15, 0.2) is 0 Å². The number of alkyl halides is 5. The van der Waals surface area contributed by atoms with Crippen molar-refractivity contribution in [3.8, 4) is 0 Å². The van der Waals surface area contributed by atoms with Gasteiger partial charge in [0.2, 0.25) is 0 Å². The van der Waals surface area contributed by atoms with Crippen LogP contribution in [-0.4, -0.2) is 15.2 Å². The molecule has 0 nitrogen and oxygen atoms in total.